The van der Waals surface area contributed by atoms with Gasteiger partial charge in [0.1, 0.15) is 0 Å². The standard InChI is InChI=1S/C16H22N2O2/c1-11(19)18(12-9-10-12)14-8-6-5-7-13(14)17-15(20)16(2,3)4/h5-8,12H,9-10H2,1-4H3,(H,17,20). The number of rotatable bonds is 3. The molecule has 0 bridgehead atoms. The zero-order valence-electron chi connectivity index (χ0n) is 12.6. The highest BCUT2D eigenvalue weighted by molar-refractivity contribution is 6.02. The molecule has 2 rings (SSSR count). The summed E-state index contributed by atoms with van der Waals surface area (Å²) in [6.07, 6.45) is 2.06. The number of para-hydroxylation sites is 2. The maximum atomic E-state index is 12.1. The molecule has 4 nitrogen and oxygen atoms in total. The van der Waals surface area contributed by atoms with Crippen LogP contribution in [0.15, 0.2) is 24.3 Å². The molecule has 0 saturated heterocycles. The van der Waals surface area contributed by atoms with Crippen LogP contribution < -0.4 is 10.2 Å². The number of amides is 2. The first-order valence-corrected chi connectivity index (χ1v) is 7.01. The topological polar surface area (TPSA) is 49.4 Å². The average Bonchev–Trinajstić information content (AvgIpc) is 3.14. The maximum absolute atomic E-state index is 12.1. The van der Waals surface area contributed by atoms with E-state index < -0.39 is 5.41 Å². The summed E-state index contributed by atoms with van der Waals surface area (Å²) in [7, 11) is 0. The van der Waals surface area contributed by atoms with Crippen molar-refractivity contribution in [3.63, 3.8) is 0 Å². The van der Waals surface area contributed by atoms with E-state index in [9.17, 15) is 9.59 Å². The number of nitrogens with zero attached hydrogens (tertiary/aromatic N) is 1. The molecule has 0 heterocycles. The molecule has 2 amide bonds. The van der Waals surface area contributed by atoms with Crippen LogP contribution in [-0.4, -0.2) is 17.9 Å². The molecule has 0 spiro atoms. The van der Waals surface area contributed by atoms with E-state index in [-0.39, 0.29) is 17.9 Å². The Hall–Kier alpha value is -1.84. The van der Waals surface area contributed by atoms with Crippen molar-refractivity contribution in [2.75, 3.05) is 10.2 Å². The van der Waals surface area contributed by atoms with Gasteiger partial charge in [-0.2, -0.15) is 0 Å². The van der Waals surface area contributed by atoms with Crippen LogP contribution in [-0.2, 0) is 9.59 Å². The van der Waals surface area contributed by atoms with Crippen molar-refractivity contribution in [3.8, 4) is 0 Å². The molecule has 1 aliphatic rings. The maximum Gasteiger partial charge on any atom is 0.229 e. The average molecular weight is 274 g/mol. The van der Waals surface area contributed by atoms with Gasteiger partial charge in [-0.1, -0.05) is 32.9 Å². The number of hydrogen-bond donors (Lipinski definition) is 1. The lowest BCUT2D eigenvalue weighted by Gasteiger charge is -2.25. The predicted octanol–water partition coefficient (Wildman–Crippen LogP) is 3.19. The Morgan fingerprint density at radius 1 is 1.20 bits per heavy atom. The summed E-state index contributed by atoms with van der Waals surface area (Å²) in [5.41, 5.74) is 1.03. The first-order chi connectivity index (χ1) is 9.30. The SMILES string of the molecule is CC(=O)N(c1ccccc1NC(=O)C(C)(C)C)C1CC1. The third-order valence-electron chi connectivity index (χ3n) is 3.34. The van der Waals surface area contributed by atoms with Crippen LogP contribution in [0.2, 0.25) is 0 Å². The minimum absolute atomic E-state index is 0.0185. The summed E-state index contributed by atoms with van der Waals surface area (Å²) >= 11 is 0. The number of carbonyl (C=O) groups excluding carboxylic acids is 2. The number of anilines is 2. The summed E-state index contributed by atoms with van der Waals surface area (Å²) in [6.45, 7) is 7.18. The van der Waals surface area contributed by atoms with E-state index in [1.807, 2.05) is 45.0 Å². The highest BCUT2D eigenvalue weighted by atomic mass is 16.2. The number of carbonyl (C=O) groups is 2. The smallest absolute Gasteiger partial charge is 0.229 e. The molecule has 0 unspecified atom stereocenters. The first kappa shape index (κ1) is 14.6. The van der Waals surface area contributed by atoms with Gasteiger partial charge in [0.15, 0.2) is 0 Å². The van der Waals surface area contributed by atoms with Crippen molar-refractivity contribution in [1.82, 2.24) is 0 Å². The van der Waals surface area contributed by atoms with Gasteiger partial charge >= 0.3 is 0 Å². The van der Waals surface area contributed by atoms with E-state index in [2.05, 4.69) is 5.32 Å². The molecule has 0 radical (unpaired) electrons. The van der Waals surface area contributed by atoms with Gasteiger partial charge in [-0.25, -0.2) is 0 Å². The van der Waals surface area contributed by atoms with E-state index >= 15 is 0 Å². The molecule has 0 atom stereocenters. The summed E-state index contributed by atoms with van der Waals surface area (Å²) in [4.78, 5) is 25.8. The van der Waals surface area contributed by atoms with Gasteiger partial charge in [0, 0.05) is 18.4 Å². The Bertz CT molecular complexity index is 528. The molecule has 1 aromatic rings. The fourth-order valence-electron chi connectivity index (χ4n) is 2.06. The molecule has 1 saturated carbocycles. The second-order valence-electron chi connectivity index (χ2n) is 6.34. The fraction of sp³-hybridized carbons (Fsp3) is 0.500. The predicted molar refractivity (Wildman–Crippen MR) is 80.7 cm³/mol. The summed E-state index contributed by atoms with van der Waals surface area (Å²) < 4.78 is 0. The lowest BCUT2D eigenvalue weighted by Crippen LogP contribution is -2.33. The van der Waals surface area contributed by atoms with Gasteiger partial charge in [-0.05, 0) is 25.0 Å². The largest absolute Gasteiger partial charge is 0.324 e. The summed E-state index contributed by atoms with van der Waals surface area (Å²) in [6, 6.07) is 7.77. The molecular weight excluding hydrogens is 252 g/mol. The zero-order valence-corrected chi connectivity index (χ0v) is 12.6. The van der Waals surface area contributed by atoms with Crippen molar-refractivity contribution in [3.05, 3.63) is 24.3 Å². The Balaban J connectivity index is 2.30. The third-order valence-corrected chi connectivity index (χ3v) is 3.34. The Morgan fingerprint density at radius 2 is 1.80 bits per heavy atom. The molecule has 4 heteroatoms. The summed E-state index contributed by atoms with van der Waals surface area (Å²) in [5, 5.41) is 2.94. The second-order valence-corrected chi connectivity index (χ2v) is 6.34. The molecule has 0 aliphatic heterocycles. The van der Waals surface area contributed by atoms with Crippen LogP contribution in [0.1, 0.15) is 40.5 Å². The van der Waals surface area contributed by atoms with Crippen LogP contribution in [0, 0.1) is 5.41 Å². The molecule has 1 aliphatic carbocycles. The molecule has 20 heavy (non-hydrogen) atoms. The number of benzene rings is 1. The highest BCUT2D eigenvalue weighted by Crippen LogP contribution is 2.36. The Labute approximate surface area is 120 Å². The number of nitrogens with one attached hydrogen (secondary N) is 1. The van der Waals surface area contributed by atoms with E-state index in [1.165, 1.54) is 0 Å². The van der Waals surface area contributed by atoms with Crippen molar-refractivity contribution < 1.29 is 9.59 Å². The zero-order chi connectivity index (χ0) is 14.9. The van der Waals surface area contributed by atoms with Crippen LogP contribution >= 0.6 is 0 Å². The van der Waals surface area contributed by atoms with Gasteiger partial charge in [-0.3, -0.25) is 9.59 Å². The first-order valence-electron chi connectivity index (χ1n) is 7.01. The monoisotopic (exact) mass is 274 g/mol. The van der Waals surface area contributed by atoms with Crippen molar-refractivity contribution >= 4 is 23.2 Å². The minimum Gasteiger partial charge on any atom is -0.324 e. The van der Waals surface area contributed by atoms with E-state index in [0.29, 0.717) is 5.69 Å². The van der Waals surface area contributed by atoms with Crippen LogP contribution in [0.25, 0.3) is 0 Å². The van der Waals surface area contributed by atoms with Crippen molar-refractivity contribution in [1.29, 1.82) is 0 Å². The molecule has 1 aromatic carbocycles. The summed E-state index contributed by atoms with van der Waals surface area (Å²) in [5.74, 6) is -0.0331. The van der Waals surface area contributed by atoms with Crippen LogP contribution in [0.5, 0.6) is 0 Å². The lowest BCUT2D eigenvalue weighted by atomic mass is 9.95. The molecular formula is C16H22N2O2. The molecule has 108 valence electrons. The van der Waals surface area contributed by atoms with Crippen LogP contribution in [0.3, 0.4) is 0 Å². The number of hydrogen-bond acceptors (Lipinski definition) is 2. The molecule has 1 fully saturated rings. The van der Waals surface area contributed by atoms with Crippen molar-refractivity contribution in [2.45, 2.75) is 46.6 Å². The Kier molecular flexibility index (Phi) is 3.84. The van der Waals surface area contributed by atoms with Gasteiger partial charge < -0.3 is 10.2 Å². The van der Waals surface area contributed by atoms with Gasteiger partial charge in [-0.15, -0.1) is 0 Å². The molecule has 0 aromatic heterocycles. The second kappa shape index (κ2) is 5.27. The van der Waals surface area contributed by atoms with Gasteiger partial charge in [0.2, 0.25) is 11.8 Å². The fourth-order valence-corrected chi connectivity index (χ4v) is 2.06. The highest BCUT2D eigenvalue weighted by Gasteiger charge is 2.33. The van der Waals surface area contributed by atoms with E-state index in [4.69, 9.17) is 0 Å². The normalized spacial score (nSPS) is 14.8. The van der Waals surface area contributed by atoms with E-state index in [0.717, 1.165) is 18.5 Å². The van der Waals surface area contributed by atoms with Crippen molar-refractivity contribution in [2.24, 2.45) is 5.41 Å². The van der Waals surface area contributed by atoms with Gasteiger partial charge in [0.25, 0.3) is 0 Å². The minimum atomic E-state index is -0.465. The lowest BCUT2D eigenvalue weighted by molar-refractivity contribution is -0.123. The van der Waals surface area contributed by atoms with Crippen LogP contribution in [0.4, 0.5) is 11.4 Å². The quantitative estimate of drug-likeness (QED) is 0.920. The van der Waals surface area contributed by atoms with Gasteiger partial charge in [0.05, 0.1) is 11.4 Å². The molecule has 1 N–H and O–H groups in total. The Morgan fingerprint density at radius 3 is 2.30 bits per heavy atom. The van der Waals surface area contributed by atoms with E-state index in [1.54, 1.807) is 11.8 Å². The third kappa shape index (κ3) is 3.18.